The van der Waals surface area contributed by atoms with E-state index in [2.05, 4.69) is 31.2 Å². The molecule has 1 aromatic heterocycles. The number of aliphatic hydroxyl groups excluding tert-OH is 2. The Labute approximate surface area is 227 Å². The van der Waals surface area contributed by atoms with Crippen molar-refractivity contribution in [2.24, 2.45) is 0 Å². The van der Waals surface area contributed by atoms with E-state index in [1.807, 2.05) is 50.2 Å². The Bertz CT molecular complexity index is 1300. The fourth-order valence-corrected chi connectivity index (χ4v) is 4.33. The van der Waals surface area contributed by atoms with Gasteiger partial charge in [-0.1, -0.05) is 30.3 Å². The zero-order valence-electron chi connectivity index (χ0n) is 22.0. The second-order valence-corrected chi connectivity index (χ2v) is 9.66. The topological polar surface area (TPSA) is 158 Å². The van der Waals surface area contributed by atoms with Crippen LogP contribution in [0.2, 0.25) is 0 Å². The number of hydrogen-bond donors (Lipinski definition) is 6. The minimum Gasteiger partial charge on any atom is -0.394 e. The fraction of sp³-hybridized carbons (Fsp3) is 0.357. The van der Waals surface area contributed by atoms with Crippen LogP contribution in [-0.2, 0) is 10.3 Å². The summed E-state index contributed by atoms with van der Waals surface area (Å²) in [6.45, 7) is 4.62. The van der Waals surface area contributed by atoms with Crippen LogP contribution in [0.25, 0.3) is 0 Å². The lowest BCUT2D eigenvalue weighted by molar-refractivity contribution is 0.0867. The first-order valence-electron chi connectivity index (χ1n) is 12.8. The number of hydrogen-bond acceptors (Lipinski definition) is 9. The van der Waals surface area contributed by atoms with Crippen LogP contribution < -0.4 is 21.3 Å². The number of rotatable bonds is 13. The van der Waals surface area contributed by atoms with Crippen LogP contribution in [0.5, 0.6) is 0 Å². The van der Waals surface area contributed by atoms with Gasteiger partial charge in [0.25, 0.3) is 11.8 Å². The summed E-state index contributed by atoms with van der Waals surface area (Å²) in [5.41, 5.74) is 2.71. The molecule has 1 atom stereocenters. The molecule has 11 nitrogen and oxygen atoms in total. The monoisotopic (exact) mass is 534 g/mol. The summed E-state index contributed by atoms with van der Waals surface area (Å²) in [4.78, 5) is 34.2. The van der Waals surface area contributed by atoms with Gasteiger partial charge in [-0.2, -0.15) is 4.98 Å². The van der Waals surface area contributed by atoms with Crippen molar-refractivity contribution in [2.75, 3.05) is 43.6 Å². The average molecular weight is 535 g/mol. The Hall–Kier alpha value is -4.06. The van der Waals surface area contributed by atoms with Gasteiger partial charge in [0.2, 0.25) is 5.95 Å². The SMILES string of the molecule is CC1(C)NC(=O)c2ccc(Nc3ncc(C(=O)NCCCOCCO)c(N[C@H](CO)c4ccccc4)n3)cc21. The number of benzene rings is 2. The maximum Gasteiger partial charge on any atom is 0.256 e. The highest BCUT2D eigenvalue weighted by atomic mass is 16.5. The molecule has 39 heavy (non-hydrogen) atoms. The molecule has 0 saturated heterocycles. The van der Waals surface area contributed by atoms with Gasteiger partial charge in [0.15, 0.2) is 0 Å². The zero-order chi connectivity index (χ0) is 27.8. The van der Waals surface area contributed by atoms with Gasteiger partial charge < -0.3 is 36.2 Å². The number of carbonyl (C=O) groups excluding carboxylic acids is 2. The smallest absolute Gasteiger partial charge is 0.256 e. The summed E-state index contributed by atoms with van der Waals surface area (Å²) in [5.74, 6) is 0.00408. The van der Waals surface area contributed by atoms with Crippen molar-refractivity contribution < 1.29 is 24.5 Å². The lowest BCUT2D eigenvalue weighted by atomic mass is 9.94. The molecule has 1 aliphatic rings. The molecule has 0 radical (unpaired) electrons. The third-order valence-electron chi connectivity index (χ3n) is 6.34. The summed E-state index contributed by atoms with van der Waals surface area (Å²) in [7, 11) is 0. The van der Waals surface area contributed by atoms with Crippen LogP contribution in [-0.4, -0.2) is 65.0 Å². The number of anilines is 3. The maximum atomic E-state index is 13.0. The van der Waals surface area contributed by atoms with Crippen LogP contribution in [0, 0.1) is 0 Å². The lowest BCUT2D eigenvalue weighted by Gasteiger charge is -2.21. The van der Waals surface area contributed by atoms with Gasteiger partial charge in [-0.05, 0) is 49.6 Å². The molecule has 0 fully saturated rings. The molecule has 11 heteroatoms. The Morgan fingerprint density at radius 1 is 1.13 bits per heavy atom. The number of aliphatic hydroxyl groups is 2. The summed E-state index contributed by atoms with van der Waals surface area (Å²) >= 11 is 0. The number of fused-ring (bicyclic) bond motifs is 1. The van der Waals surface area contributed by atoms with E-state index in [1.54, 1.807) is 12.1 Å². The maximum absolute atomic E-state index is 13.0. The van der Waals surface area contributed by atoms with Gasteiger partial charge in [0, 0.05) is 30.6 Å². The molecule has 2 heterocycles. The molecule has 0 unspecified atom stereocenters. The zero-order valence-corrected chi connectivity index (χ0v) is 22.0. The quantitative estimate of drug-likeness (QED) is 0.181. The van der Waals surface area contributed by atoms with Crippen molar-refractivity contribution in [3.8, 4) is 0 Å². The van der Waals surface area contributed by atoms with Crippen LogP contribution in [0.4, 0.5) is 17.5 Å². The molecule has 0 spiro atoms. The third-order valence-corrected chi connectivity index (χ3v) is 6.34. The van der Waals surface area contributed by atoms with Gasteiger partial charge in [0.05, 0.1) is 31.4 Å². The number of ether oxygens (including phenoxy) is 1. The van der Waals surface area contributed by atoms with Gasteiger partial charge in [-0.3, -0.25) is 9.59 Å². The van der Waals surface area contributed by atoms with E-state index in [-0.39, 0.29) is 49.0 Å². The van der Waals surface area contributed by atoms with Crippen molar-refractivity contribution >= 4 is 29.3 Å². The molecule has 2 amide bonds. The van der Waals surface area contributed by atoms with Gasteiger partial charge in [-0.25, -0.2) is 4.98 Å². The largest absolute Gasteiger partial charge is 0.394 e. The first kappa shape index (κ1) is 28.0. The number of amides is 2. The molecule has 6 N–H and O–H groups in total. The highest BCUT2D eigenvalue weighted by Gasteiger charge is 2.35. The van der Waals surface area contributed by atoms with Crippen LogP contribution in [0.1, 0.15) is 58.2 Å². The average Bonchev–Trinajstić information content (AvgIpc) is 3.16. The Balaban J connectivity index is 1.57. The normalized spacial score (nSPS) is 14.3. The second-order valence-electron chi connectivity index (χ2n) is 9.66. The molecule has 4 rings (SSSR count). The van der Waals surface area contributed by atoms with Crippen LogP contribution >= 0.6 is 0 Å². The van der Waals surface area contributed by atoms with E-state index in [0.29, 0.717) is 30.8 Å². The first-order chi connectivity index (χ1) is 18.8. The molecule has 1 aliphatic heterocycles. The lowest BCUT2D eigenvalue weighted by Crippen LogP contribution is -2.32. The summed E-state index contributed by atoms with van der Waals surface area (Å²) in [6, 6.07) is 14.3. The Kier molecular flexibility index (Phi) is 9.07. The van der Waals surface area contributed by atoms with Crippen molar-refractivity contribution in [2.45, 2.75) is 31.8 Å². The molecule has 206 valence electrons. The molecule has 0 aliphatic carbocycles. The number of nitrogens with zero attached hydrogens (tertiary/aromatic N) is 2. The second kappa shape index (κ2) is 12.7. The highest BCUT2D eigenvalue weighted by Crippen LogP contribution is 2.33. The molecular weight excluding hydrogens is 500 g/mol. The van der Waals surface area contributed by atoms with Crippen LogP contribution in [0.15, 0.2) is 54.7 Å². The number of aromatic nitrogens is 2. The Morgan fingerprint density at radius 3 is 2.67 bits per heavy atom. The van der Waals surface area contributed by atoms with Gasteiger partial charge in [-0.15, -0.1) is 0 Å². The van der Waals surface area contributed by atoms with Crippen LogP contribution in [0.3, 0.4) is 0 Å². The molecule has 0 bridgehead atoms. The standard InChI is InChI=1S/C28H34N6O5/c1-28(2)22-15-19(9-10-20(22)26(38)34-28)31-27-30-16-21(25(37)29-11-6-13-39-14-12-35)24(33-27)32-23(17-36)18-7-4-3-5-8-18/h3-5,7-10,15-16,23,35-36H,6,11-14,17H2,1-2H3,(H,29,37)(H,34,38)(H2,30,31,32,33)/t23-/m1/s1. The fourth-order valence-electron chi connectivity index (χ4n) is 4.33. The number of nitrogens with one attached hydrogen (secondary N) is 4. The van der Waals surface area contributed by atoms with Crippen molar-refractivity contribution in [3.05, 3.63) is 77.0 Å². The van der Waals surface area contributed by atoms with Gasteiger partial charge >= 0.3 is 0 Å². The highest BCUT2D eigenvalue weighted by molar-refractivity contribution is 6.00. The Morgan fingerprint density at radius 2 is 1.92 bits per heavy atom. The minimum atomic E-state index is -0.509. The van der Waals surface area contributed by atoms with E-state index >= 15 is 0 Å². The molecular formula is C28H34N6O5. The van der Waals surface area contributed by atoms with Gasteiger partial charge in [0.1, 0.15) is 11.4 Å². The third kappa shape index (κ3) is 6.88. The van der Waals surface area contributed by atoms with Crippen molar-refractivity contribution in [3.63, 3.8) is 0 Å². The number of carbonyl (C=O) groups is 2. The summed E-state index contributed by atoms with van der Waals surface area (Å²) in [5, 5.41) is 31.0. The molecule has 2 aromatic carbocycles. The van der Waals surface area contributed by atoms with E-state index in [9.17, 15) is 14.7 Å². The van der Waals surface area contributed by atoms with E-state index in [1.165, 1.54) is 6.20 Å². The van der Waals surface area contributed by atoms with E-state index in [4.69, 9.17) is 9.84 Å². The first-order valence-corrected chi connectivity index (χ1v) is 12.8. The van der Waals surface area contributed by atoms with E-state index in [0.717, 1.165) is 11.1 Å². The predicted octanol–water partition coefficient (Wildman–Crippen LogP) is 2.47. The molecule has 3 aromatic rings. The predicted molar refractivity (Wildman–Crippen MR) is 147 cm³/mol. The summed E-state index contributed by atoms with van der Waals surface area (Å²) < 4.78 is 5.23. The van der Waals surface area contributed by atoms with Crippen molar-refractivity contribution in [1.82, 2.24) is 20.6 Å². The van der Waals surface area contributed by atoms with Crippen molar-refractivity contribution in [1.29, 1.82) is 0 Å². The minimum absolute atomic E-state index is 0.0508. The molecule has 0 saturated carbocycles. The van der Waals surface area contributed by atoms with E-state index < -0.39 is 11.6 Å². The summed E-state index contributed by atoms with van der Waals surface area (Å²) in [6.07, 6.45) is 2.00.